The highest BCUT2D eigenvalue weighted by molar-refractivity contribution is 6.01. The molecule has 0 amide bonds. The molecule has 1 heterocycles. The number of ether oxygens (including phenoxy) is 2. The lowest BCUT2D eigenvalue weighted by Crippen LogP contribution is -2.19. The number of nitro benzene ring substituents is 1. The summed E-state index contributed by atoms with van der Waals surface area (Å²) in [5, 5.41) is 14.2. The minimum Gasteiger partial charge on any atom is -0.493 e. The van der Waals surface area contributed by atoms with Crippen LogP contribution in [0.25, 0.3) is 0 Å². The summed E-state index contributed by atoms with van der Waals surface area (Å²) < 4.78 is 10.5. The van der Waals surface area contributed by atoms with Crippen molar-refractivity contribution in [2.24, 2.45) is 4.99 Å². The van der Waals surface area contributed by atoms with Crippen LogP contribution >= 0.6 is 0 Å². The molecule has 7 nitrogen and oxygen atoms in total. The molecule has 2 rings (SSSR count). The average Bonchev–Trinajstić information content (AvgIpc) is 2.92. The zero-order valence-corrected chi connectivity index (χ0v) is 10.8. The van der Waals surface area contributed by atoms with E-state index in [0.29, 0.717) is 30.3 Å². The molecular formula is C12H15N3O4. The van der Waals surface area contributed by atoms with Crippen LogP contribution in [-0.2, 0) is 0 Å². The van der Waals surface area contributed by atoms with Gasteiger partial charge in [0.25, 0.3) is 0 Å². The second-order valence-electron chi connectivity index (χ2n) is 3.87. The van der Waals surface area contributed by atoms with Crippen LogP contribution < -0.4 is 14.8 Å². The monoisotopic (exact) mass is 265 g/mol. The molecule has 0 aromatic heterocycles. The lowest BCUT2D eigenvalue weighted by Gasteiger charge is -2.12. The van der Waals surface area contributed by atoms with Crippen LogP contribution in [0.1, 0.15) is 12.5 Å². The molecule has 0 aliphatic carbocycles. The summed E-state index contributed by atoms with van der Waals surface area (Å²) in [4.78, 5) is 14.9. The Morgan fingerprint density at radius 2 is 2.32 bits per heavy atom. The Kier molecular flexibility index (Phi) is 3.84. The van der Waals surface area contributed by atoms with Gasteiger partial charge in [-0.15, -0.1) is 0 Å². The quantitative estimate of drug-likeness (QED) is 0.641. The van der Waals surface area contributed by atoms with Crippen molar-refractivity contribution in [1.82, 2.24) is 5.32 Å². The summed E-state index contributed by atoms with van der Waals surface area (Å²) >= 11 is 0. The number of methoxy groups -OCH3 is 1. The standard InChI is InChI=1S/C12H15N3O4/c1-3-19-11-9(15(16)17)6-8(7-10(11)18-2)12-13-4-5-14-12/h6-7H,3-5H2,1-2H3,(H,13,14). The third-order valence-corrected chi connectivity index (χ3v) is 2.69. The number of aliphatic imine (C=N–C) groups is 1. The molecule has 0 atom stereocenters. The van der Waals surface area contributed by atoms with Crippen LogP contribution in [0.15, 0.2) is 17.1 Å². The summed E-state index contributed by atoms with van der Waals surface area (Å²) in [6.45, 7) is 3.49. The van der Waals surface area contributed by atoms with Gasteiger partial charge in [0.1, 0.15) is 5.84 Å². The molecule has 0 saturated carbocycles. The molecular weight excluding hydrogens is 250 g/mol. The van der Waals surface area contributed by atoms with Crippen LogP contribution in [-0.4, -0.2) is 37.6 Å². The van der Waals surface area contributed by atoms with Gasteiger partial charge in [0.05, 0.1) is 25.2 Å². The molecule has 1 aromatic rings. The topological polar surface area (TPSA) is 86.0 Å². The summed E-state index contributed by atoms with van der Waals surface area (Å²) in [5.74, 6) is 1.13. The van der Waals surface area contributed by atoms with E-state index in [2.05, 4.69) is 10.3 Å². The molecule has 0 bridgehead atoms. The number of nitro groups is 1. The van der Waals surface area contributed by atoms with Crippen LogP contribution in [0.2, 0.25) is 0 Å². The summed E-state index contributed by atoms with van der Waals surface area (Å²) in [6, 6.07) is 3.14. The minimum absolute atomic E-state index is 0.118. The third kappa shape index (κ3) is 2.59. The molecule has 1 aliphatic rings. The van der Waals surface area contributed by atoms with Crippen molar-refractivity contribution in [3.63, 3.8) is 0 Å². The van der Waals surface area contributed by atoms with Gasteiger partial charge < -0.3 is 14.8 Å². The number of hydrogen-bond acceptors (Lipinski definition) is 6. The van der Waals surface area contributed by atoms with E-state index in [9.17, 15) is 10.1 Å². The van der Waals surface area contributed by atoms with Crippen LogP contribution in [0.4, 0.5) is 5.69 Å². The zero-order chi connectivity index (χ0) is 13.8. The molecule has 0 spiro atoms. The number of nitrogens with zero attached hydrogens (tertiary/aromatic N) is 2. The Morgan fingerprint density at radius 3 is 2.84 bits per heavy atom. The molecule has 7 heteroatoms. The first-order valence-corrected chi connectivity index (χ1v) is 5.95. The SMILES string of the molecule is CCOc1c(OC)cc(C2=NCCN2)cc1[N+](=O)[O-]. The normalized spacial score (nSPS) is 13.7. The van der Waals surface area contributed by atoms with E-state index in [1.165, 1.54) is 13.2 Å². The fourth-order valence-electron chi connectivity index (χ4n) is 1.89. The van der Waals surface area contributed by atoms with Crippen LogP contribution in [0.5, 0.6) is 11.5 Å². The maximum atomic E-state index is 11.1. The van der Waals surface area contributed by atoms with E-state index in [-0.39, 0.29) is 11.4 Å². The van der Waals surface area contributed by atoms with Gasteiger partial charge in [-0.05, 0) is 13.0 Å². The largest absolute Gasteiger partial charge is 0.493 e. The second-order valence-corrected chi connectivity index (χ2v) is 3.87. The van der Waals surface area contributed by atoms with Gasteiger partial charge in [0.2, 0.25) is 5.75 Å². The smallest absolute Gasteiger partial charge is 0.315 e. The summed E-state index contributed by atoms with van der Waals surface area (Å²) in [6.07, 6.45) is 0. The summed E-state index contributed by atoms with van der Waals surface area (Å²) in [5.41, 5.74) is 0.511. The predicted molar refractivity (Wildman–Crippen MR) is 70.2 cm³/mol. The highest BCUT2D eigenvalue weighted by Crippen LogP contribution is 2.38. The van der Waals surface area contributed by atoms with Crippen molar-refractivity contribution >= 4 is 11.5 Å². The molecule has 0 saturated heterocycles. The van der Waals surface area contributed by atoms with E-state index in [1.807, 2.05) is 0 Å². The Labute approximate surface area is 110 Å². The Balaban J connectivity index is 2.53. The molecule has 1 N–H and O–H groups in total. The van der Waals surface area contributed by atoms with Crippen molar-refractivity contribution in [2.75, 3.05) is 26.8 Å². The van der Waals surface area contributed by atoms with Crippen LogP contribution in [0.3, 0.4) is 0 Å². The first kappa shape index (κ1) is 13.1. The molecule has 0 unspecified atom stereocenters. The lowest BCUT2D eigenvalue weighted by molar-refractivity contribution is -0.385. The molecule has 1 aliphatic heterocycles. The number of amidine groups is 1. The van der Waals surface area contributed by atoms with Gasteiger partial charge in [0, 0.05) is 18.2 Å². The first-order chi connectivity index (χ1) is 9.17. The van der Waals surface area contributed by atoms with Gasteiger partial charge in [-0.2, -0.15) is 0 Å². The molecule has 19 heavy (non-hydrogen) atoms. The number of rotatable bonds is 5. The van der Waals surface area contributed by atoms with E-state index in [4.69, 9.17) is 9.47 Å². The highest BCUT2D eigenvalue weighted by Gasteiger charge is 2.24. The van der Waals surface area contributed by atoms with Crippen molar-refractivity contribution in [2.45, 2.75) is 6.92 Å². The molecule has 1 aromatic carbocycles. The molecule has 0 fully saturated rings. The van der Waals surface area contributed by atoms with Gasteiger partial charge in [-0.3, -0.25) is 15.1 Å². The van der Waals surface area contributed by atoms with Gasteiger partial charge in [-0.1, -0.05) is 0 Å². The lowest BCUT2D eigenvalue weighted by atomic mass is 10.1. The fourth-order valence-corrected chi connectivity index (χ4v) is 1.89. The van der Waals surface area contributed by atoms with Crippen molar-refractivity contribution in [3.8, 4) is 11.5 Å². The van der Waals surface area contributed by atoms with E-state index >= 15 is 0 Å². The van der Waals surface area contributed by atoms with Crippen molar-refractivity contribution < 1.29 is 14.4 Å². The van der Waals surface area contributed by atoms with Crippen molar-refractivity contribution in [1.29, 1.82) is 0 Å². The second kappa shape index (κ2) is 5.55. The Morgan fingerprint density at radius 1 is 1.53 bits per heavy atom. The first-order valence-electron chi connectivity index (χ1n) is 5.95. The minimum atomic E-state index is -0.480. The van der Waals surface area contributed by atoms with Gasteiger partial charge in [-0.25, -0.2) is 0 Å². The maximum absolute atomic E-state index is 11.1. The highest BCUT2D eigenvalue weighted by atomic mass is 16.6. The van der Waals surface area contributed by atoms with Gasteiger partial charge in [0.15, 0.2) is 5.75 Å². The van der Waals surface area contributed by atoms with Gasteiger partial charge >= 0.3 is 5.69 Å². The molecule has 102 valence electrons. The molecule has 0 radical (unpaired) electrons. The Bertz CT molecular complexity index is 528. The van der Waals surface area contributed by atoms with E-state index < -0.39 is 4.92 Å². The van der Waals surface area contributed by atoms with Crippen LogP contribution in [0, 0.1) is 10.1 Å². The number of benzene rings is 1. The maximum Gasteiger partial charge on any atom is 0.315 e. The number of nitrogens with one attached hydrogen (secondary N) is 1. The van der Waals surface area contributed by atoms with Crippen molar-refractivity contribution in [3.05, 3.63) is 27.8 Å². The average molecular weight is 265 g/mol. The van der Waals surface area contributed by atoms with E-state index in [1.54, 1.807) is 13.0 Å². The fraction of sp³-hybridized carbons (Fsp3) is 0.417. The van der Waals surface area contributed by atoms with E-state index in [0.717, 1.165) is 6.54 Å². The Hall–Kier alpha value is -2.31. The summed E-state index contributed by atoms with van der Waals surface area (Å²) in [7, 11) is 1.45. The predicted octanol–water partition coefficient (Wildman–Crippen LogP) is 1.35. The third-order valence-electron chi connectivity index (χ3n) is 2.69. The number of hydrogen-bond donors (Lipinski definition) is 1. The zero-order valence-electron chi connectivity index (χ0n) is 10.8.